The Morgan fingerprint density at radius 1 is 1.60 bits per heavy atom. The Hall–Kier alpha value is 0.650. The van der Waals surface area contributed by atoms with Crippen LogP contribution < -0.4 is 0 Å². The summed E-state index contributed by atoms with van der Waals surface area (Å²) in [6.07, 6.45) is 3.19. The smallest absolute Gasteiger partial charge is 0.0774 e. The summed E-state index contributed by atoms with van der Waals surface area (Å²) in [5.74, 6) is 0. The zero-order chi connectivity index (χ0) is 7.61. The zero-order valence-corrected chi connectivity index (χ0v) is 8.47. The average molecular weight is 255 g/mol. The van der Waals surface area contributed by atoms with E-state index in [-0.39, 0.29) is 5.60 Å². The second kappa shape index (κ2) is 3.36. The molecule has 1 fully saturated rings. The highest BCUT2D eigenvalue weighted by atomic mass is 127. The largest absolute Gasteiger partial charge is 0.389 e. The summed E-state index contributed by atoms with van der Waals surface area (Å²) in [4.78, 5) is 2.15. The fourth-order valence-electron chi connectivity index (χ4n) is 1.29. The fourth-order valence-corrected chi connectivity index (χ4v) is 1.53. The SMILES string of the molecule is CN(CI)CC1(O)CCC1. The molecule has 0 aliphatic heterocycles. The van der Waals surface area contributed by atoms with Crippen LogP contribution in [0.4, 0.5) is 0 Å². The monoisotopic (exact) mass is 255 g/mol. The lowest BCUT2D eigenvalue weighted by atomic mass is 9.80. The molecule has 0 radical (unpaired) electrons. The maximum atomic E-state index is 9.67. The summed E-state index contributed by atoms with van der Waals surface area (Å²) in [6.45, 7) is 0.843. The molecule has 1 aliphatic rings. The number of aliphatic hydroxyl groups is 1. The van der Waals surface area contributed by atoms with E-state index in [1.54, 1.807) is 0 Å². The van der Waals surface area contributed by atoms with Crippen LogP contribution in [0.5, 0.6) is 0 Å². The molecular formula is C7H14INO. The maximum Gasteiger partial charge on any atom is 0.0774 e. The molecule has 3 heteroatoms. The third-order valence-electron chi connectivity index (χ3n) is 2.05. The predicted octanol–water partition coefficient (Wildman–Crippen LogP) is 1.23. The minimum atomic E-state index is -0.333. The van der Waals surface area contributed by atoms with Crippen molar-refractivity contribution in [3.8, 4) is 0 Å². The number of hydrogen-bond donors (Lipinski definition) is 1. The molecular weight excluding hydrogens is 241 g/mol. The first-order chi connectivity index (χ1) is 4.66. The van der Waals surface area contributed by atoms with Gasteiger partial charge in [-0.25, -0.2) is 0 Å². The minimum Gasteiger partial charge on any atom is -0.389 e. The third kappa shape index (κ3) is 2.07. The van der Waals surface area contributed by atoms with Crippen molar-refractivity contribution >= 4 is 22.6 Å². The Kier molecular flexibility index (Phi) is 2.94. The normalized spacial score (nSPS) is 22.8. The van der Waals surface area contributed by atoms with Crippen molar-refractivity contribution in [1.82, 2.24) is 4.90 Å². The van der Waals surface area contributed by atoms with Crippen molar-refractivity contribution in [1.29, 1.82) is 0 Å². The summed E-state index contributed by atoms with van der Waals surface area (Å²) in [5, 5.41) is 9.67. The van der Waals surface area contributed by atoms with Gasteiger partial charge in [0.25, 0.3) is 0 Å². The lowest BCUT2D eigenvalue weighted by molar-refractivity contribution is -0.0507. The van der Waals surface area contributed by atoms with Crippen LogP contribution in [-0.2, 0) is 0 Å². The van der Waals surface area contributed by atoms with Gasteiger partial charge in [-0.15, -0.1) is 0 Å². The number of halogens is 1. The second-order valence-electron chi connectivity index (χ2n) is 3.21. The highest BCUT2D eigenvalue weighted by molar-refractivity contribution is 14.1. The van der Waals surface area contributed by atoms with E-state index in [2.05, 4.69) is 27.5 Å². The standard InChI is InChI=1S/C7H14INO/c1-9(6-8)5-7(10)3-2-4-7/h10H,2-6H2,1H3. The van der Waals surface area contributed by atoms with Crippen molar-refractivity contribution in [2.45, 2.75) is 24.9 Å². The molecule has 0 atom stereocenters. The van der Waals surface area contributed by atoms with Gasteiger partial charge in [0, 0.05) is 6.54 Å². The summed E-state index contributed by atoms with van der Waals surface area (Å²) in [7, 11) is 2.04. The Morgan fingerprint density at radius 3 is 2.50 bits per heavy atom. The molecule has 0 heterocycles. The second-order valence-corrected chi connectivity index (χ2v) is 3.89. The van der Waals surface area contributed by atoms with Crippen LogP contribution in [0, 0.1) is 0 Å². The molecule has 0 saturated heterocycles. The molecule has 0 bridgehead atoms. The fraction of sp³-hybridized carbons (Fsp3) is 1.00. The first-order valence-corrected chi connectivity index (χ1v) is 5.16. The Morgan fingerprint density at radius 2 is 2.20 bits per heavy atom. The molecule has 0 aromatic rings. The van der Waals surface area contributed by atoms with Gasteiger partial charge < -0.3 is 5.11 Å². The highest BCUT2D eigenvalue weighted by Gasteiger charge is 2.34. The number of likely N-dealkylation sites (N-methyl/N-ethyl adjacent to an activating group) is 1. The van der Waals surface area contributed by atoms with Crippen LogP contribution in [0.1, 0.15) is 19.3 Å². The average Bonchev–Trinajstić information content (AvgIpc) is 1.84. The van der Waals surface area contributed by atoms with Crippen molar-refractivity contribution in [3.63, 3.8) is 0 Å². The summed E-state index contributed by atoms with van der Waals surface area (Å²) in [6, 6.07) is 0. The van der Waals surface area contributed by atoms with Crippen LogP contribution >= 0.6 is 22.6 Å². The summed E-state index contributed by atoms with van der Waals surface area (Å²) < 4.78 is 1.00. The van der Waals surface area contributed by atoms with Crippen LogP contribution in [-0.4, -0.2) is 33.8 Å². The van der Waals surface area contributed by atoms with Crippen LogP contribution in [0.3, 0.4) is 0 Å². The van der Waals surface area contributed by atoms with Gasteiger partial charge in [0.05, 0.1) is 10.2 Å². The van der Waals surface area contributed by atoms with E-state index in [0.717, 1.165) is 23.9 Å². The molecule has 1 N–H and O–H groups in total. The zero-order valence-electron chi connectivity index (χ0n) is 6.31. The molecule has 1 aliphatic carbocycles. The third-order valence-corrected chi connectivity index (χ3v) is 3.22. The van der Waals surface area contributed by atoms with E-state index in [1.165, 1.54) is 6.42 Å². The number of hydrogen-bond acceptors (Lipinski definition) is 2. The topological polar surface area (TPSA) is 23.5 Å². The van der Waals surface area contributed by atoms with Crippen LogP contribution in [0.2, 0.25) is 0 Å². The molecule has 1 rings (SSSR count). The lowest BCUT2D eigenvalue weighted by Gasteiger charge is -2.39. The molecule has 0 aromatic carbocycles. The number of rotatable bonds is 3. The van der Waals surface area contributed by atoms with Crippen molar-refractivity contribution in [2.75, 3.05) is 18.1 Å². The van der Waals surface area contributed by atoms with Gasteiger partial charge in [0.2, 0.25) is 0 Å². The predicted molar refractivity (Wildman–Crippen MR) is 50.3 cm³/mol. The van der Waals surface area contributed by atoms with Crippen molar-refractivity contribution in [3.05, 3.63) is 0 Å². The molecule has 60 valence electrons. The van der Waals surface area contributed by atoms with Crippen molar-refractivity contribution < 1.29 is 5.11 Å². The van der Waals surface area contributed by atoms with Gasteiger partial charge in [-0.2, -0.15) is 0 Å². The number of nitrogens with zero attached hydrogens (tertiary/aromatic N) is 1. The van der Waals surface area contributed by atoms with Gasteiger partial charge in [-0.1, -0.05) is 22.6 Å². The van der Waals surface area contributed by atoms with E-state index in [9.17, 15) is 5.11 Å². The molecule has 0 amide bonds. The molecule has 2 nitrogen and oxygen atoms in total. The Labute approximate surface area is 75.7 Å². The highest BCUT2D eigenvalue weighted by Crippen LogP contribution is 2.31. The summed E-state index contributed by atoms with van der Waals surface area (Å²) in [5.41, 5.74) is -0.333. The maximum absolute atomic E-state index is 9.67. The van der Waals surface area contributed by atoms with Gasteiger partial charge in [-0.05, 0) is 26.3 Å². The van der Waals surface area contributed by atoms with Gasteiger partial charge >= 0.3 is 0 Å². The first-order valence-electron chi connectivity index (χ1n) is 3.63. The quantitative estimate of drug-likeness (QED) is 0.465. The Balaban J connectivity index is 2.22. The summed E-state index contributed by atoms with van der Waals surface area (Å²) >= 11 is 2.31. The molecule has 1 saturated carbocycles. The van der Waals surface area contributed by atoms with E-state index >= 15 is 0 Å². The van der Waals surface area contributed by atoms with E-state index in [4.69, 9.17) is 0 Å². The van der Waals surface area contributed by atoms with Gasteiger partial charge in [0.15, 0.2) is 0 Å². The Bertz CT molecular complexity index is 114. The van der Waals surface area contributed by atoms with Crippen LogP contribution in [0.25, 0.3) is 0 Å². The van der Waals surface area contributed by atoms with Crippen LogP contribution in [0.15, 0.2) is 0 Å². The first kappa shape index (κ1) is 8.74. The van der Waals surface area contributed by atoms with E-state index in [1.807, 2.05) is 7.05 Å². The van der Waals surface area contributed by atoms with Gasteiger partial charge in [-0.3, -0.25) is 4.90 Å². The number of alkyl halides is 1. The minimum absolute atomic E-state index is 0.333. The molecule has 0 aromatic heterocycles. The molecule has 10 heavy (non-hydrogen) atoms. The van der Waals surface area contributed by atoms with Gasteiger partial charge in [0.1, 0.15) is 0 Å². The van der Waals surface area contributed by atoms with E-state index < -0.39 is 0 Å². The molecule has 0 spiro atoms. The van der Waals surface area contributed by atoms with Crippen molar-refractivity contribution in [2.24, 2.45) is 0 Å². The molecule has 0 unspecified atom stereocenters. The van der Waals surface area contributed by atoms with E-state index in [0.29, 0.717) is 0 Å². The lowest BCUT2D eigenvalue weighted by Crippen LogP contribution is -2.46.